The maximum atomic E-state index is 6.02. The molecule has 0 saturated heterocycles. The topological polar surface area (TPSA) is 44.5 Å². The van der Waals surface area contributed by atoms with Gasteiger partial charge >= 0.3 is 0 Å². The Morgan fingerprint density at radius 1 is 1.15 bits per heavy atom. The minimum atomic E-state index is -0.203. The number of thiophene rings is 1. The van der Waals surface area contributed by atoms with Crippen molar-refractivity contribution in [3.63, 3.8) is 0 Å². The van der Waals surface area contributed by atoms with Crippen molar-refractivity contribution in [1.29, 1.82) is 0 Å². The Labute approximate surface area is 128 Å². The molecule has 1 heterocycles. The van der Waals surface area contributed by atoms with E-state index in [0.29, 0.717) is 6.61 Å². The summed E-state index contributed by atoms with van der Waals surface area (Å²) in [6.45, 7) is 4.53. The van der Waals surface area contributed by atoms with Crippen LogP contribution >= 0.6 is 22.9 Å². The summed E-state index contributed by atoms with van der Waals surface area (Å²) in [5.41, 5.74) is 6.02. The molecular weight excluding hydrogens is 294 g/mol. The summed E-state index contributed by atoms with van der Waals surface area (Å²) in [5.74, 6) is 1.59. The quantitative estimate of drug-likeness (QED) is 0.866. The second-order valence-electron chi connectivity index (χ2n) is 4.44. The molecule has 0 radical (unpaired) electrons. The molecule has 0 amide bonds. The molecule has 3 nitrogen and oxygen atoms in total. The van der Waals surface area contributed by atoms with Gasteiger partial charge in [0.2, 0.25) is 0 Å². The Kier molecular flexibility index (Phi) is 5.29. The van der Waals surface area contributed by atoms with Gasteiger partial charge in [-0.2, -0.15) is 0 Å². The number of hydrogen-bond acceptors (Lipinski definition) is 4. The zero-order valence-electron chi connectivity index (χ0n) is 11.5. The van der Waals surface area contributed by atoms with Crippen molar-refractivity contribution >= 4 is 22.9 Å². The van der Waals surface area contributed by atoms with Crippen molar-refractivity contribution in [2.45, 2.75) is 26.0 Å². The molecule has 108 valence electrons. The molecule has 2 atom stereocenters. The van der Waals surface area contributed by atoms with Gasteiger partial charge in [0.1, 0.15) is 17.6 Å². The molecule has 0 aliphatic heterocycles. The normalized spacial score (nSPS) is 13.8. The highest BCUT2D eigenvalue weighted by atomic mass is 35.5. The van der Waals surface area contributed by atoms with E-state index in [0.717, 1.165) is 20.7 Å². The zero-order chi connectivity index (χ0) is 14.5. The van der Waals surface area contributed by atoms with E-state index in [9.17, 15) is 0 Å². The Hall–Kier alpha value is -1.23. The van der Waals surface area contributed by atoms with E-state index in [-0.39, 0.29) is 12.1 Å². The van der Waals surface area contributed by atoms with Crippen LogP contribution in [0.25, 0.3) is 0 Å². The molecule has 0 aliphatic carbocycles. The first-order chi connectivity index (χ1) is 9.60. The fourth-order valence-electron chi connectivity index (χ4n) is 1.83. The lowest BCUT2D eigenvalue weighted by Gasteiger charge is -2.21. The molecule has 2 N–H and O–H groups in total. The Morgan fingerprint density at radius 3 is 2.30 bits per heavy atom. The highest BCUT2D eigenvalue weighted by Crippen LogP contribution is 2.32. The molecule has 2 aromatic rings. The minimum absolute atomic E-state index is 0.128. The Morgan fingerprint density at radius 2 is 1.80 bits per heavy atom. The van der Waals surface area contributed by atoms with E-state index in [1.54, 1.807) is 0 Å². The molecule has 1 aromatic carbocycles. The maximum Gasteiger partial charge on any atom is 0.148 e. The molecule has 0 bridgehead atoms. The molecule has 0 spiro atoms. The third-order valence-electron chi connectivity index (χ3n) is 2.75. The van der Waals surface area contributed by atoms with Crippen LogP contribution in [0.15, 0.2) is 36.4 Å². The summed E-state index contributed by atoms with van der Waals surface area (Å²) in [7, 11) is 0. The second kappa shape index (κ2) is 6.97. The highest BCUT2D eigenvalue weighted by Gasteiger charge is 2.20. The van der Waals surface area contributed by atoms with Crippen LogP contribution in [0, 0.1) is 0 Å². The summed E-state index contributed by atoms with van der Waals surface area (Å²) >= 11 is 7.46. The van der Waals surface area contributed by atoms with Gasteiger partial charge in [-0.05, 0) is 50.2 Å². The number of benzene rings is 1. The van der Waals surface area contributed by atoms with Crippen molar-refractivity contribution in [3.8, 4) is 11.5 Å². The molecular formula is C15H18ClNO2S. The van der Waals surface area contributed by atoms with Crippen LogP contribution in [0.2, 0.25) is 4.34 Å². The van der Waals surface area contributed by atoms with E-state index >= 15 is 0 Å². The largest absolute Gasteiger partial charge is 0.494 e. The molecule has 5 heteroatoms. The SMILES string of the molecule is CCOc1ccc(OC(c2ccc(Cl)s2)C(C)N)cc1. The highest BCUT2D eigenvalue weighted by molar-refractivity contribution is 7.16. The van der Waals surface area contributed by atoms with Crippen molar-refractivity contribution in [1.82, 2.24) is 0 Å². The smallest absolute Gasteiger partial charge is 0.148 e. The van der Waals surface area contributed by atoms with Crippen molar-refractivity contribution in [2.75, 3.05) is 6.61 Å². The predicted molar refractivity (Wildman–Crippen MR) is 84.0 cm³/mol. The van der Waals surface area contributed by atoms with Gasteiger partial charge in [0.05, 0.1) is 10.9 Å². The lowest BCUT2D eigenvalue weighted by Crippen LogP contribution is -2.28. The zero-order valence-corrected chi connectivity index (χ0v) is 13.1. The van der Waals surface area contributed by atoms with E-state index in [1.165, 1.54) is 11.3 Å². The summed E-state index contributed by atoms with van der Waals surface area (Å²) in [5, 5.41) is 0. The van der Waals surface area contributed by atoms with E-state index in [2.05, 4.69) is 0 Å². The number of rotatable bonds is 6. The molecule has 0 aliphatic rings. The Balaban J connectivity index is 2.12. The molecule has 1 aromatic heterocycles. The number of halogens is 1. The third-order valence-corrected chi connectivity index (χ3v) is 4.04. The van der Waals surface area contributed by atoms with Gasteiger partial charge in [0.15, 0.2) is 0 Å². The molecule has 2 unspecified atom stereocenters. The summed E-state index contributed by atoms with van der Waals surface area (Å²) in [6, 6.07) is 11.2. The summed E-state index contributed by atoms with van der Waals surface area (Å²) < 4.78 is 12.1. The van der Waals surface area contributed by atoms with Gasteiger partial charge in [-0.15, -0.1) is 11.3 Å². The lowest BCUT2D eigenvalue weighted by molar-refractivity contribution is 0.184. The molecule has 20 heavy (non-hydrogen) atoms. The van der Waals surface area contributed by atoms with Gasteiger partial charge in [-0.1, -0.05) is 11.6 Å². The summed E-state index contributed by atoms with van der Waals surface area (Å²) in [4.78, 5) is 1.03. The summed E-state index contributed by atoms with van der Waals surface area (Å²) in [6.07, 6.45) is -0.203. The van der Waals surface area contributed by atoms with E-state index in [1.807, 2.05) is 50.2 Å². The minimum Gasteiger partial charge on any atom is -0.494 e. The third kappa shape index (κ3) is 3.88. The van der Waals surface area contributed by atoms with Gasteiger partial charge in [-0.3, -0.25) is 0 Å². The predicted octanol–water partition coefficient (Wildman–Crippen LogP) is 4.27. The van der Waals surface area contributed by atoms with Crippen molar-refractivity contribution in [2.24, 2.45) is 5.73 Å². The van der Waals surface area contributed by atoms with Gasteiger partial charge in [0, 0.05) is 10.9 Å². The first-order valence-corrected chi connectivity index (χ1v) is 7.70. The first kappa shape index (κ1) is 15.2. The number of hydrogen-bond donors (Lipinski definition) is 1. The fraction of sp³-hybridized carbons (Fsp3) is 0.333. The van der Waals surface area contributed by atoms with Crippen LogP contribution in [0.5, 0.6) is 11.5 Å². The van der Waals surface area contributed by atoms with Gasteiger partial charge in [-0.25, -0.2) is 0 Å². The van der Waals surface area contributed by atoms with Crippen LogP contribution < -0.4 is 15.2 Å². The average Bonchev–Trinajstić information content (AvgIpc) is 2.84. The van der Waals surface area contributed by atoms with E-state index < -0.39 is 0 Å². The van der Waals surface area contributed by atoms with Gasteiger partial charge in [0.25, 0.3) is 0 Å². The first-order valence-electron chi connectivity index (χ1n) is 6.50. The maximum absolute atomic E-state index is 6.02. The van der Waals surface area contributed by atoms with Crippen LogP contribution in [0.4, 0.5) is 0 Å². The molecule has 2 rings (SSSR count). The second-order valence-corrected chi connectivity index (χ2v) is 6.19. The van der Waals surface area contributed by atoms with Crippen LogP contribution in [0.3, 0.4) is 0 Å². The standard InChI is InChI=1S/C15H18ClNO2S/c1-3-18-11-4-6-12(7-5-11)19-15(10(2)17)13-8-9-14(16)20-13/h4-10,15H,3,17H2,1-2H3. The average molecular weight is 312 g/mol. The molecule has 0 saturated carbocycles. The van der Waals surface area contributed by atoms with Crippen LogP contribution in [-0.2, 0) is 0 Å². The Bertz CT molecular complexity index is 539. The van der Waals surface area contributed by atoms with Gasteiger partial charge < -0.3 is 15.2 Å². The van der Waals surface area contributed by atoms with Crippen molar-refractivity contribution in [3.05, 3.63) is 45.6 Å². The van der Waals surface area contributed by atoms with Crippen molar-refractivity contribution < 1.29 is 9.47 Å². The lowest BCUT2D eigenvalue weighted by atomic mass is 10.1. The molecule has 0 fully saturated rings. The van der Waals surface area contributed by atoms with E-state index in [4.69, 9.17) is 26.8 Å². The van der Waals surface area contributed by atoms with Crippen LogP contribution in [-0.4, -0.2) is 12.6 Å². The fourth-order valence-corrected chi connectivity index (χ4v) is 3.04. The number of ether oxygens (including phenoxy) is 2. The number of nitrogens with two attached hydrogens (primary N) is 1. The van der Waals surface area contributed by atoms with Crippen LogP contribution in [0.1, 0.15) is 24.8 Å². The monoisotopic (exact) mass is 311 g/mol.